The normalized spacial score (nSPS) is 27.6. The molecule has 0 aliphatic heterocycles. The molecule has 0 radical (unpaired) electrons. The Balaban J connectivity index is 1.88. The molecule has 0 amide bonds. The molecule has 1 fully saturated rings. The summed E-state index contributed by atoms with van der Waals surface area (Å²) < 4.78 is 24.1. The highest BCUT2D eigenvalue weighted by atomic mass is 19.1. The quantitative estimate of drug-likeness (QED) is 0.855. The van der Waals surface area contributed by atoms with Gasteiger partial charge in [-0.3, -0.25) is 0 Å². The molecule has 3 unspecified atom stereocenters. The van der Waals surface area contributed by atoms with Crippen LogP contribution >= 0.6 is 0 Å². The molecule has 0 heterocycles. The zero-order valence-corrected chi connectivity index (χ0v) is 9.93. The zero-order chi connectivity index (χ0) is 12.3. The van der Waals surface area contributed by atoms with Gasteiger partial charge in [-0.1, -0.05) is 6.92 Å². The Hall–Kier alpha value is -1.13. The first-order chi connectivity index (χ1) is 8.20. The summed E-state index contributed by atoms with van der Waals surface area (Å²) in [6.07, 6.45) is 1.69. The fourth-order valence-corrected chi connectivity index (χ4v) is 1.90. The summed E-state index contributed by atoms with van der Waals surface area (Å²) in [6, 6.07) is 6.06. The molecule has 0 bridgehead atoms. The number of rotatable bonds is 5. The third-order valence-corrected chi connectivity index (χ3v) is 2.91. The van der Waals surface area contributed by atoms with E-state index in [2.05, 4.69) is 6.92 Å². The first kappa shape index (κ1) is 12.3. The second kappa shape index (κ2) is 5.47. The topological polar surface area (TPSA) is 44.5 Å². The van der Waals surface area contributed by atoms with Crippen molar-refractivity contribution in [1.82, 2.24) is 0 Å². The van der Waals surface area contributed by atoms with Gasteiger partial charge in [-0.15, -0.1) is 0 Å². The second-order valence-corrected chi connectivity index (χ2v) is 4.35. The van der Waals surface area contributed by atoms with Gasteiger partial charge in [-0.2, -0.15) is 0 Å². The molecule has 2 rings (SSSR count). The van der Waals surface area contributed by atoms with Crippen LogP contribution in [0.4, 0.5) is 4.39 Å². The molecular weight excluding hydrogens is 221 g/mol. The van der Waals surface area contributed by atoms with Gasteiger partial charge in [-0.05, 0) is 30.7 Å². The third kappa shape index (κ3) is 2.96. The van der Waals surface area contributed by atoms with E-state index in [-0.39, 0.29) is 24.1 Å². The monoisotopic (exact) mass is 239 g/mol. The van der Waals surface area contributed by atoms with E-state index in [9.17, 15) is 4.39 Å². The van der Waals surface area contributed by atoms with E-state index >= 15 is 0 Å². The lowest BCUT2D eigenvalue weighted by atomic mass is 9.86. The van der Waals surface area contributed by atoms with Crippen LogP contribution in [0.25, 0.3) is 0 Å². The van der Waals surface area contributed by atoms with E-state index in [4.69, 9.17) is 15.2 Å². The number of hydrogen-bond donors (Lipinski definition) is 1. The standard InChI is InChI=1S/C13H18FNO2/c1-2-7-16-13-11(15)8-12(13)17-10-5-3-9(14)4-6-10/h3-6,11-13H,2,7-8,15H2,1H3. The van der Waals surface area contributed by atoms with Crippen molar-refractivity contribution in [1.29, 1.82) is 0 Å². The maximum atomic E-state index is 12.7. The summed E-state index contributed by atoms with van der Waals surface area (Å²) in [5, 5.41) is 0. The minimum Gasteiger partial charge on any atom is -0.488 e. The Morgan fingerprint density at radius 2 is 2.06 bits per heavy atom. The highest BCUT2D eigenvalue weighted by molar-refractivity contribution is 5.23. The molecule has 1 aliphatic carbocycles. The van der Waals surface area contributed by atoms with E-state index in [1.54, 1.807) is 12.1 Å². The SMILES string of the molecule is CCCOC1C(N)CC1Oc1ccc(F)cc1. The lowest BCUT2D eigenvalue weighted by molar-refractivity contribution is -0.0980. The smallest absolute Gasteiger partial charge is 0.128 e. The molecule has 3 nitrogen and oxygen atoms in total. The van der Waals surface area contributed by atoms with Crippen LogP contribution in [-0.4, -0.2) is 24.9 Å². The van der Waals surface area contributed by atoms with E-state index < -0.39 is 0 Å². The molecule has 2 N–H and O–H groups in total. The average molecular weight is 239 g/mol. The molecule has 0 aromatic heterocycles. The van der Waals surface area contributed by atoms with Crippen molar-refractivity contribution in [3.05, 3.63) is 30.1 Å². The zero-order valence-electron chi connectivity index (χ0n) is 9.93. The minimum atomic E-state index is -0.263. The van der Waals surface area contributed by atoms with Crippen molar-refractivity contribution < 1.29 is 13.9 Å². The van der Waals surface area contributed by atoms with Gasteiger partial charge >= 0.3 is 0 Å². The summed E-state index contributed by atoms with van der Waals surface area (Å²) in [5.41, 5.74) is 5.87. The maximum absolute atomic E-state index is 12.7. The lowest BCUT2D eigenvalue weighted by Gasteiger charge is -2.41. The minimum absolute atomic E-state index is 0.0120. The van der Waals surface area contributed by atoms with Crippen LogP contribution in [0.3, 0.4) is 0 Å². The summed E-state index contributed by atoms with van der Waals surface area (Å²) >= 11 is 0. The Morgan fingerprint density at radius 3 is 2.65 bits per heavy atom. The number of nitrogens with two attached hydrogens (primary N) is 1. The summed E-state index contributed by atoms with van der Waals surface area (Å²) in [7, 11) is 0. The first-order valence-electron chi connectivity index (χ1n) is 6.00. The summed E-state index contributed by atoms with van der Waals surface area (Å²) in [4.78, 5) is 0. The van der Waals surface area contributed by atoms with Crippen LogP contribution in [0.1, 0.15) is 19.8 Å². The van der Waals surface area contributed by atoms with Gasteiger partial charge in [0.1, 0.15) is 23.8 Å². The molecule has 4 heteroatoms. The van der Waals surface area contributed by atoms with Crippen LogP contribution in [0.15, 0.2) is 24.3 Å². The molecule has 1 aliphatic rings. The van der Waals surface area contributed by atoms with E-state index in [1.165, 1.54) is 12.1 Å². The van der Waals surface area contributed by atoms with E-state index in [1.807, 2.05) is 0 Å². The number of hydrogen-bond acceptors (Lipinski definition) is 3. The van der Waals surface area contributed by atoms with Gasteiger partial charge in [0.2, 0.25) is 0 Å². The molecule has 1 aromatic carbocycles. The van der Waals surface area contributed by atoms with Gasteiger partial charge in [0.05, 0.1) is 0 Å². The molecule has 17 heavy (non-hydrogen) atoms. The largest absolute Gasteiger partial charge is 0.488 e. The fraction of sp³-hybridized carbons (Fsp3) is 0.538. The van der Waals surface area contributed by atoms with Gasteiger partial charge < -0.3 is 15.2 Å². The van der Waals surface area contributed by atoms with Crippen LogP contribution in [0, 0.1) is 5.82 Å². The number of halogens is 1. The fourth-order valence-electron chi connectivity index (χ4n) is 1.90. The molecule has 94 valence electrons. The Morgan fingerprint density at radius 1 is 1.35 bits per heavy atom. The maximum Gasteiger partial charge on any atom is 0.128 e. The van der Waals surface area contributed by atoms with E-state index in [0.29, 0.717) is 12.4 Å². The molecule has 0 saturated heterocycles. The van der Waals surface area contributed by atoms with E-state index in [0.717, 1.165) is 12.8 Å². The number of ether oxygens (including phenoxy) is 2. The van der Waals surface area contributed by atoms with Crippen LogP contribution < -0.4 is 10.5 Å². The Kier molecular flexibility index (Phi) is 3.97. The van der Waals surface area contributed by atoms with Crippen LogP contribution in [-0.2, 0) is 4.74 Å². The van der Waals surface area contributed by atoms with Gasteiger partial charge in [0, 0.05) is 19.1 Å². The molecule has 3 atom stereocenters. The van der Waals surface area contributed by atoms with Gasteiger partial charge in [-0.25, -0.2) is 4.39 Å². The van der Waals surface area contributed by atoms with Crippen molar-refractivity contribution in [2.45, 2.75) is 38.0 Å². The average Bonchev–Trinajstić information content (AvgIpc) is 2.31. The Bertz CT molecular complexity index is 355. The molecule has 0 spiro atoms. The molecular formula is C13H18FNO2. The first-order valence-corrected chi connectivity index (χ1v) is 6.00. The van der Waals surface area contributed by atoms with Crippen molar-refractivity contribution in [2.75, 3.05) is 6.61 Å². The van der Waals surface area contributed by atoms with Crippen LogP contribution in [0.5, 0.6) is 5.75 Å². The van der Waals surface area contributed by atoms with Crippen molar-refractivity contribution >= 4 is 0 Å². The van der Waals surface area contributed by atoms with Crippen molar-refractivity contribution in [3.63, 3.8) is 0 Å². The van der Waals surface area contributed by atoms with Crippen molar-refractivity contribution in [3.8, 4) is 5.75 Å². The summed E-state index contributed by atoms with van der Waals surface area (Å²) in [6.45, 7) is 2.75. The Labute approximate surface area is 101 Å². The summed E-state index contributed by atoms with van der Waals surface area (Å²) in [5.74, 6) is 0.398. The number of benzene rings is 1. The predicted octanol–water partition coefficient (Wildman–Crippen LogP) is 2.10. The van der Waals surface area contributed by atoms with Crippen LogP contribution in [0.2, 0.25) is 0 Å². The molecule has 1 aromatic rings. The highest BCUT2D eigenvalue weighted by Gasteiger charge is 2.41. The predicted molar refractivity (Wildman–Crippen MR) is 63.4 cm³/mol. The second-order valence-electron chi connectivity index (χ2n) is 4.35. The van der Waals surface area contributed by atoms with Crippen molar-refractivity contribution in [2.24, 2.45) is 5.73 Å². The lowest BCUT2D eigenvalue weighted by Crippen LogP contribution is -2.59. The van der Waals surface area contributed by atoms with Gasteiger partial charge in [0.25, 0.3) is 0 Å². The molecule has 1 saturated carbocycles. The highest BCUT2D eigenvalue weighted by Crippen LogP contribution is 2.28. The third-order valence-electron chi connectivity index (χ3n) is 2.91. The van der Waals surface area contributed by atoms with Gasteiger partial charge in [0.15, 0.2) is 0 Å².